The maximum Gasteiger partial charge on any atom is 0.220 e. The van der Waals surface area contributed by atoms with Crippen LogP contribution in [0.5, 0.6) is 0 Å². The zero-order chi connectivity index (χ0) is 13.7. The summed E-state index contributed by atoms with van der Waals surface area (Å²) in [6.07, 6.45) is 3.50. The fourth-order valence-corrected chi connectivity index (χ4v) is 2.37. The molecule has 0 atom stereocenters. The Kier molecular flexibility index (Phi) is 4.82. The van der Waals surface area contributed by atoms with E-state index in [1.54, 1.807) is 18.5 Å². The summed E-state index contributed by atoms with van der Waals surface area (Å²) in [5.74, 6) is 0. The van der Waals surface area contributed by atoms with Crippen molar-refractivity contribution in [3.8, 4) is 0 Å². The lowest BCUT2D eigenvalue weighted by Crippen LogP contribution is -1.97. The van der Waals surface area contributed by atoms with Gasteiger partial charge in [0.2, 0.25) is 5.12 Å². The number of para-hydroxylation sites is 1. The van der Waals surface area contributed by atoms with E-state index in [1.165, 1.54) is 11.8 Å². The zero-order valence-electron chi connectivity index (χ0n) is 10.4. The van der Waals surface area contributed by atoms with Crippen molar-refractivity contribution < 1.29 is 4.79 Å². The number of thioether (sulfide) groups is 1. The number of hydrogen-bond acceptors (Lipinski definition) is 4. The Balaban J connectivity index is 2.31. The predicted molar refractivity (Wildman–Crippen MR) is 85.2 cm³/mol. The third-order valence-corrected chi connectivity index (χ3v) is 3.67. The van der Waals surface area contributed by atoms with E-state index in [-0.39, 0.29) is 5.12 Å². The van der Waals surface area contributed by atoms with Crippen molar-refractivity contribution in [3.05, 3.63) is 59.7 Å². The standard InChI is InChI=1S/C15H13NOS2/c1-19-15(17)13-9-5-6-11(14(13)18)10-16-12-7-3-2-4-8-12/h2-10,18H,1H3. The van der Waals surface area contributed by atoms with E-state index < -0.39 is 0 Å². The lowest BCUT2D eigenvalue weighted by atomic mass is 10.1. The number of benzene rings is 2. The summed E-state index contributed by atoms with van der Waals surface area (Å²) >= 11 is 5.61. The second-order valence-electron chi connectivity index (χ2n) is 3.83. The molecule has 2 aromatic carbocycles. The van der Waals surface area contributed by atoms with Crippen molar-refractivity contribution >= 4 is 41.4 Å². The van der Waals surface area contributed by atoms with Gasteiger partial charge < -0.3 is 0 Å². The smallest absolute Gasteiger partial charge is 0.220 e. The van der Waals surface area contributed by atoms with E-state index in [1.807, 2.05) is 42.5 Å². The van der Waals surface area contributed by atoms with Crippen LogP contribution >= 0.6 is 24.4 Å². The van der Waals surface area contributed by atoms with Crippen LogP contribution in [0.1, 0.15) is 15.9 Å². The first-order valence-electron chi connectivity index (χ1n) is 5.72. The quantitative estimate of drug-likeness (QED) is 0.676. The van der Waals surface area contributed by atoms with E-state index in [4.69, 9.17) is 0 Å². The summed E-state index contributed by atoms with van der Waals surface area (Å²) in [6.45, 7) is 0. The molecule has 0 unspecified atom stereocenters. The zero-order valence-corrected chi connectivity index (χ0v) is 12.1. The molecule has 0 fully saturated rings. The van der Waals surface area contributed by atoms with E-state index >= 15 is 0 Å². The molecule has 4 heteroatoms. The van der Waals surface area contributed by atoms with Crippen LogP contribution in [0.15, 0.2) is 58.4 Å². The second kappa shape index (κ2) is 6.59. The van der Waals surface area contributed by atoms with Gasteiger partial charge in [-0.25, -0.2) is 0 Å². The molecule has 0 aromatic heterocycles. The number of carbonyl (C=O) groups is 1. The number of nitrogens with zero attached hydrogens (tertiary/aromatic N) is 1. The highest BCUT2D eigenvalue weighted by Gasteiger charge is 2.10. The van der Waals surface area contributed by atoms with Gasteiger partial charge in [-0.3, -0.25) is 9.79 Å². The first-order valence-corrected chi connectivity index (χ1v) is 7.39. The molecule has 96 valence electrons. The summed E-state index contributed by atoms with van der Waals surface area (Å²) in [4.78, 5) is 16.8. The Morgan fingerprint density at radius 1 is 1.16 bits per heavy atom. The Morgan fingerprint density at radius 2 is 1.89 bits per heavy atom. The Morgan fingerprint density at radius 3 is 2.58 bits per heavy atom. The largest absolute Gasteiger partial charge is 0.282 e. The van der Waals surface area contributed by atoms with Crippen LogP contribution in [0.25, 0.3) is 0 Å². The number of thiol groups is 1. The predicted octanol–water partition coefficient (Wildman–Crippen LogP) is 4.23. The van der Waals surface area contributed by atoms with Crippen molar-refractivity contribution in [1.82, 2.24) is 0 Å². The van der Waals surface area contributed by atoms with Crippen LogP contribution in [0.2, 0.25) is 0 Å². The molecule has 0 amide bonds. The van der Waals surface area contributed by atoms with Gasteiger partial charge in [-0.15, -0.1) is 12.6 Å². The highest BCUT2D eigenvalue weighted by atomic mass is 32.2. The van der Waals surface area contributed by atoms with Gasteiger partial charge in [0.25, 0.3) is 0 Å². The van der Waals surface area contributed by atoms with Gasteiger partial charge in [0, 0.05) is 22.2 Å². The van der Waals surface area contributed by atoms with Gasteiger partial charge in [0.15, 0.2) is 0 Å². The van der Waals surface area contributed by atoms with Crippen molar-refractivity contribution in [2.75, 3.05) is 6.26 Å². The maximum atomic E-state index is 11.7. The van der Waals surface area contributed by atoms with Crippen LogP contribution in [0, 0.1) is 0 Å². The average Bonchev–Trinajstić information content (AvgIpc) is 2.46. The fraction of sp³-hybridized carbons (Fsp3) is 0.0667. The third-order valence-electron chi connectivity index (χ3n) is 2.58. The van der Waals surface area contributed by atoms with Gasteiger partial charge in [-0.05, 0) is 24.5 Å². The second-order valence-corrected chi connectivity index (χ2v) is 5.05. The molecule has 0 radical (unpaired) electrons. The third kappa shape index (κ3) is 3.49. The summed E-state index contributed by atoms with van der Waals surface area (Å²) in [5.41, 5.74) is 2.33. The Labute approximate surface area is 122 Å². The molecule has 19 heavy (non-hydrogen) atoms. The van der Waals surface area contributed by atoms with Crippen molar-refractivity contribution in [1.29, 1.82) is 0 Å². The monoisotopic (exact) mass is 287 g/mol. The molecule has 0 aliphatic rings. The minimum Gasteiger partial charge on any atom is -0.282 e. The summed E-state index contributed by atoms with van der Waals surface area (Å²) in [7, 11) is 0. The average molecular weight is 287 g/mol. The fourth-order valence-electron chi connectivity index (χ4n) is 1.60. The number of carbonyl (C=O) groups excluding carboxylic acids is 1. The molecule has 0 heterocycles. The molecule has 0 aliphatic carbocycles. The number of rotatable bonds is 3. The molecule has 2 aromatic rings. The molecule has 0 N–H and O–H groups in total. The first kappa shape index (κ1) is 13.9. The highest BCUT2D eigenvalue weighted by Crippen LogP contribution is 2.22. The van der Waals surface area contributed by atoms with E-state index in [9.17, 15) is 4.79 Å². The molecule has 2 rings (SSSR count). The number of aliphatic imine (C=N–C) groups is 1. The van der Waals surface area contributed by atoms with Crippen LogP contribution in [0.4, 0.5) is 5.69 Å². The van der Waals surface area contributed by atoms with Crippen LogP contribution in [-0.4, -0.2) is 17.6 Å². The lowest BCUT2D eigenvalue weighted by Gasteiger charge is -2.05. The Bertz CT molecular complexity index is 609. The van der Waals surface area contributed by atoms with Crippen LogP contribution in [0.3, 0.4) is 0 Å². The van der Waals surface area contributed by atoms with Gasteiger partial charge in [-0.1, -0.05) is 42.1 Å². The molecule has 0 bridgehead atoms. The summed E-state index contributed by atoms with van der Waals surface area (Å²) in [6, 6.07) is 15.2. The molecular formula is C15H13NOS2. The van der Waals surface area contributed by atoms with E-state index in [0.717, 1.165) is 11.3 Å². The minimum atomic E-state index is 0.0139. The Hall–Kier alpha value is -1.52. The molecule has 0 aliphatic heterocycles. The van der Waals surface area contributed by atoms with Gasteiger partial charge in [0.1, 0.15) is 0 Å². The van der Waals surface area contributed by atoms with Crippen molar-refractivity contribution in [2.24, 2.45) is 4.99 Å². The summed E-state index contributed by atoms with van der Waals surface area (Å²) < 4.78 is 0. The van der Waals surface area contributed by atoms with Gasteiger partial charge >= 0.3 is 0 Å². The first-order chi connectivity index (χ1) is 9.22. The molecule has 0 spiro atoms. The highest BCUT2D eigenvalue weighted by molar-refractivity contribution is 8.13. The minimum absolute atomic E-state index is 0.0139. The summed E-state index contributed by atoms with van der Waals surface area (Å²) in [5, 5.41) is 0.0139. The molecule has 0 saturated carbocycles. The van der Waals surface area contributed by atoms with Gasteiger partial charge in [0.05, 0.1) is 5.69 Å². The van der Waals surface area contributed by atoms with Crippen molar-refractivity contribution in [2.45, 2.75) is 4.90 Å². The normalized spacial score (nSPS) is 10.8. The topological polar surface area (TPSA) is 29.4 Å². The van der Waals surface area contributed by atoms with E-state index in [0.29, 0.717) is 10.5 Å². The van der Waals surface area contributed by atoms with Gasteiger partial charge in [-0.2, -0.15) is 0 Å². The lowest BCUT2D eigenvalue weighted by molar-refractivity contribution is 0.108. The molecule has 0 saturated heterocycles. The maximum absolute atomic E-state index is 11.7. The molecular weight excluding hydrogens is 274 g/mol. The van der Waals surface area contributed by atoms with Crippen LogP contribution in [-0.2, 0) is 0 Å². The number of hydrogen-bond donors (Lipinski definition) is 1. The van der Waals surface area contributed by atoms with Crippen molar-refractivity contribution in [3.63, 3.8) is 0 Å². The van der Waals surface area contributed by atoms with Crippen LogP contribution < -0.4 is 0 Å². The molecule has 2 nitrogen and oxygen atoms in total. The SMILES string of the molecule is CSC(=O)c1cccc(C=Nc2ccccc2)c1S. The van der Waals surface area contributed by atoms with E-state index in [2.05, 4.69) is 17.6 Å².